The van der Waals surface area contributed by atoms with Crippen molar-refractivity contribution in [3.8, 4) is 11.5 Å². The zero-order valence-corrected chi connectivity index (χ0v) is 12.7. The Kier molecular flexibility index (Phi) is 4.46. The van der Waals surface area contributed by atoms with E-state index in [1.807, 2.05) is 6.07 Å². The van der Waals surface area contributed by atoms with E-state index in [1.54, 1.807) is 0 Å². The maximum atomic E-state index is 6.15. The van der Waals surface area contributed by atoms with E-state index in [0.717, 1.165) is 17.1 Å². The lowest BCUT2D eigenvalue weighted by molar-refractivity contribution is 0.466. The van der Waals surface area contributed by atoms with Gasteiger partial charge in [-0.05, 0) is 43.0 Å². The number of ether oxygens (including phenoxy) is 1. The second-order valence-electron chi connectivity index (χ2n) is 5.61. The molecule has 20 heavy (non-hydrogen) atoms. The minimum absolute atomic E-state index is 0.428. The maximum Gasteiger partial charge on any atom is 0.131 e. The van der Waals surface area contributed by atoms with Crippen LogP contribution in [0.25, 0.3) is 0 Å². The second-order valence-corrected chi connectivity index (χ2v) is 5.61. The lowest BCUT2D eigenvalue weighted by Crippen LogP contribution is -2.01. The molecule has 0 radical (unpaired) electrons. The van der Waals surface area contributed by atoms with Crippen LogP contribution in [-0.4, -0.2) is 0 Å². The third kappa shape index (κ3) is 3.20. The fraction of sp³-hybridized carbons (Fsp3) is 0.333. The molecule has 2 aromatic carbocycles. The Balaban J connectivity index is 2.41. The quantitative estimate of drug-likeness (QED) is 0.874. The molecule has 0 bridgehead atoms. The molecule has 0 amide bonds. The van der Waals surface area contributed by atoms with Crippen molar-refractivity contribution in [3.63, 3.8) is 0 Å². The van der Waals surface area contributed by atoms with Gasteiger partial charge in [-0.1, -0.05) is 43.7 Å². The molecule has 0 saturated carbocycles. The van der Waals surface area contributed by atoms with Crippen LogP contribution >= 0.6 is 0 Å². The Bertz CT molecular complexity index is 602. The summed E-state index contributed by atoms with van der Waals surface area (Å²) in [5, 5.41) is 0. The molecule has 2 nitrogen and oxygen atoms in total. The Hall–Kier alpha value is -1.80. The van der Waals surface area contributed by atoms with Gasteiger partial charge in [-0.15, -0.1) is 0 Å². The average molecular weight is 269 g/mol. The number of aryl methyl sites for hydroxylation is 2. The third-order valence-electron chi connectivity index (χ3n) is 3.45. The van der Waals surface area contributed by atoms with Crippen molar-refractivity contribution < 1.29 is 4.74 Å². The van der Waals surface area contributed by atoms with Crippen LogP contribution in [0.3, 0.4) is 0 Å². The van der Waals surface area contributed by atoms with Crippen LogP contribution in [0.4, 0.5) is 0 Å². The smallest absolute Gasteiger partial charge is 0.131 e. The Morgan fingerprint density at radius 2 is 1.60 bits per heavy atom. The van der Waals surface area contributed by atoms with Gasteiger partial charge in [0.15, 0.2) is 0 Å². The first-order valence-corrected chi connectivity index (χ1v) is 7.09. The van der Waals surface area contributed by atoms with Gasteiger partial charge in [0.1, 0.15) is 11.5 Å². The van der Waals surface area contributed by atoms with Crippen molar-refractivity contribution in [2.75, 3.05) is 0 Å². The molecule has 2 rings (SSSR count). The highest BCUT2D eigenvalue weighted by Gasteiger charge is 2.11. The van der Waals surface area contributed by atoms with Crippen LogP contribution < -0.4 is 10.5 Å². The molecule has 0 unspecified atom stereocenters. The van der Waals surface area contributed by atoms with Gasteiger partial charge in [0, 0.05) is 12.1 Å². The first kappa shape index (κ1) is 14.6. The van der Waals surface area contributed by atoms with Gasteiger partial charge in [0.25, 0.3) is 0 Å². The fourth-order valence-corrected chi connectivity index (χ4v) is 2.29. The fourth-order valence-electron chi connectivity index (χ4n) is 2.29. The van der Waals surface area contributed by atoms with Crippen molar-refractivity contribution in [1.82, 2.24) is 0 Å². The Labute approximate surface area is 121 Å². The molecule has 0 atom stereocenters. The number of nitrogens with two attached hydrogens (primary N) is 1. The summed E-state index contributed by atoms with van der Waals surface area (Å²) in [7, 11) is 0. The standard InChI is InChI=1S/C18H23NO/c1-12(2)16-7-5-14(4)10-18(16)20-17-8-6-13(3)9-15(17)11-19/h5-10,12H,11,19H2,1-4H3. The van der Waals surface area contributed by atoms with Crippen molar-refractivity contribution >= 4 is 0 Å². The molecule has 106 valence electrons. The summed E-state index contributed by atoms with van der Waals surface area (Å²) >= 11 is 0. The molecule has 0 spiro atoms. The van der Waals surface area contributed by atoms with Gasteiger partial charge in [-0.25, -0.2) is 0 Å². The Morgan fingerprint density at radius 1 is 0.950 bits per heavy atom. The van der Waals surface area contributed by atoms with E-state index in [-0.39, 0.29) is 0 Å². The van der Waals surface area contributed by atoms with Crippen LogP contribution in [0.1, 0.15) is 42.0 Å². The highest BCUT2D eigenvalue weighted by atomic mass is 16.5. The van der Waals surface area contributed by atoms with Crippen molar-refractivity contribution in [2.24, 2.45) is 5.73 Å². The van der Waals surface area contributed by atoms with E-state index in [4.69, 9.17) is 10.5 Å². The van der Waals surface area contributed by atoms with Crippen LogP contribution in [0.15, 0.2) is 36.4 Å². The van der Waals surface area contributed by atoms with Gasteiger partial charge in [0.05, 0.1) is 0 Å². The van der Waals surface area contributed by atoms with E-state index in [9.17, 15) is 0 Å². The zero-order chi connectivity index (χ0) is 14.7. The van der Waals surface area contributed by atoms with Crippen molar-refractivity contribution in [3.05, 3.63) is 58.7 Å². The van der Waals surface area contributed by atoms with Crippen LogP contribution in [0, 0.1) is 13.8 Å². The van der Waals surface area contributed by atoms with Gasteiger partial charge in [0.2, 0.25) is 0 Å². The number of hydrogen-bond donors (Lipinski definition) is 1. The van der Waals surface area contributed by atoms with E-state index < -0.39 is 0 Å². The predicted octanol–water partition coefficient (Wildman–Crippen LogP) is 4.68. The molecule has 0 fully saturated rings. The molecule has 2 aromatic rings. The third-order valence-corrected chi connectivity index (χ3v) is 3.45. The summed E-state index contributed by atoms with van der Waals surface area (Å²) in [6, 6.07) is 12.5. The SMILES string of the molecule is Cc1ccc(Oc2cc(C)ccc2C(C)C)c(CN)c1. The Morgan fingerprint density at radius 3 is 2.25 bits per heavy atom. The first-order chi connectivity index (χ1) is 9.51. The van der Waals surface area contributed by atoms with E-state index in [2.05, 4.69) is 58.0 Å². The maximum absolute atomic E-state index is 6.15. The van der Waals surface area contributed by atoms with Gasteiger partial charge in [-0.2, -0.15) is 0 Å². The van der Waals surface area contributed by atoms with Gasteiger partial charge < -0.3 is 10.5 Å². The summed E-state index contributed by atoms with van der Waals surface area (Å²) in [5.74, 6) is 2.21. The van der Waals surface area contributed by atoms with Gasteiger partial charge in [-0.3, -0.25) is 0 Å². The second kappa shape index (κ2) is 6.10. The highest BCUT2D eigenvalue weighted by Crippen LogP contribution is 2.33. The summed E-state index contributed by atoms with van der Waals surface area (Å²) in [6.45, 7) is 8.98. The normalized spacial score (nSPS) is 10.9. The first-order valence-electron chi connectivity index (χ1n) is 7.09. The van der Waals surface area contributed by atoms with E-state index in [1.165, 1.54) is 16.7 Å². The molecule has 2 heteroatoms. The lowest BCUT2D eigenvalue weighted by atomic mass is 10.0. The van der Waals surface area contributed by atoms with Crippen LogP contribution in [-0.2, 0) is 6.54 Å². The topological polar surface area (TPSA) is 35.2 Å². The number of hydrogen-bond acceptors (Lipinski definition) is 2. The van der Waals surface area contributed by atoms with Gasteiger partial charge >= 0.3 is 0 Å². The van der Waals surface area contributed by atoms with E-state index in [0.29, 0.717) is 12.5 Å². The predicted molar refractivity (Wildman–Crippen MR) is 84.4 cm³/mol. The van der Waals surface area contributed by atoms with Crippen LogP contribution in [0.2, 0.25) is 0 Å². The summed E-state index contributed by atoms with van der Waals surface area (Å²) in [5.41, 5.74) is 10.5. The average Bonchev–Trinajstić information content (AvgIpc) is 2.40. The molecule has 0 aliphatic rings. The molecule has 0 heterocycles. The summed E-state index contributed by atoms with van der Waals surface area (Å²) in [6.07, 6.45) is 0. The molecule has 0 aliphatic carbocycles. The zero-order valence-electron chi connectivity index (χ0n) is 12.7. The minimum atomic E-state index is 0.428. The number of rotatable bonds is 4. The van der Waals surface area contributed by atoms with Crippen molar-refractivity contribution in [2.45, 2.75) is 40.2 Å². The number of benzene rings is 2. The molecule has 2 N–H and O–H groups in total. The molecular weight excluding hydrogens is 246 g/mol. The monoisotopic (exact) mass is 269 g/mol. The largest absolute Gasteiger partial charge is 0.457 e. The van der Waals surface area contributed by atoms with Crippen LogP contribution in [0.5, 0.6) is 11.5 Å². The molecule has 0 aromatic heterocycles. The molecule has 0 aliphatic heterocycles. The van der Waals surface area contributed by atoms with E-state index >= 15 is 0 Å². The lowest BCUT2D eigenvalue weighted by Gasteiger charge is -2.16. The van der Waals surface area contributed by atoms with Crippen molar-refractivity contribution in [1.29, 1.82) is 0 Å². The summed E-state index contributed by atoms with van der Waals surface area (Å²) < 4.78 is 6.15. The molecule has 0 saturated heterocycles. The summed E-state index contributed by atoms with van der Waals surface area (Å²) in [4.78, 5) is 0. The highest BCUT2D eigenvalue weighted by molar-refractivity contribution is 5.45. The molecular formula is C18H23NO. The minimum Gasteiger partial charge on any atom is -0.457 e.